The number of aryl methyl sites for hydroxylation is 1. The standard InChI is InChI=1S/C15H23NO/c1-13-15(10-5-11-16-13)17-12-6-9-14-7-3-2-4-8-14/h2-4,7-8,13,15-16H,5-6,9-12H2,1H3. The van der Waals surface area contributed by atoms with E-state index in [4.69, 9.17) is 4.74 Å². The second-order valence-corrected chi connectivity index (χ2v) is 4.88. The van der Waals surface area contributed by atoms with E-state index in [0.717, 1.165) is 26.0 Å². The van der Waals surface area contributed by atoms with Crippen molar-refractivity contribution in [2.45, 2.75) is 44.8 Å². The van der Waals surface area contributed by atoms with Gasteiger partial charge in [0.15, 0.2) is 0 Å². The van der Waals surface area contributed by atoms with Crippen molar-refractivity contribution in [1.29, 1.82) is 0 Å². The molecule has 2 nitrogen and oxygen atoms in total. The van der Waals surface area contributed by atoms with Gasteiger partial charge in [0.2, 0.25) is 0 Å². The summed E-state index contributed by atoms with van der Waals surface area (Å²) in [5, 5.41) is 3.47. The van der Waals surface area contributed by atoms with Crippen molar-refractivity contribution in [3.63, 3.8) is 0 Å². The predicted octanol–water partition coefficient (Wildman–Crippen LogP) is 2.78. The van der Waals surface area contributed by atoms with Crippen molar-refractivity contribution in [2.75, 3.05) is 13.2 Å². The first-order valence-electron chi connectivity index (χ1n) is 6.75. The molecule has 0 aromatic heterocycles. The van der Waals surface area contributed by atoms with Crippen molar-refractivity contribution >= 4 is 0 Å². The second kappa shape index (κ2) is 6.77. The van der Waals surface area contributed by atoms with Crippen molar-refractivity contribution in [3.8, 4) is 0 Å². The molecular formula is C15H23NO. The van der Waals surface area contributed by atoms with Crippen LogP contribution in [0.2, 0.25) is 0 Å². The van der Waals surface area contributed by atoms with E-state index < -0.39 is 0 Å². The summed E-state index contributed by atoms with van der Waals surface area (Å²) in [4.78, 5) is 0. The van der Waals surface area contributed by atoms with Gasteiger partial charge >= 0.3 is 0 Å². The zero-order valence-corrected chi connectivity index (χ0v) is 10.7. The van der Waals surface area contributed by atoms with Crippen LogP contribution in [0.25, 0.3) is 0 Å². The minimum absolute atomic E-state index is 0.416. The number of nitrogens with one attached hydrogen (secondary N) is 1. The maximum atomic E-state index is 5.95. The zero-order chi connectivity index (χ0) is 11.9. The highest BCUT2D eigenvalue weighted by Gasteiger charge is 2.20. The molecular weight excluding hydrogens is 210 g/mol. The zero-order valence-electron chi connectivity index (χ0n) is 10.7. The first-order valence-corrected chi connectivity index (χ1v) is 6.75. The third-order valence-corrected chi connectivity index (χ3v) is 3.47. The lowest BCUT2D eigenvalue weighted by molar-refractivity contribution is 0.0116. The van der Waals surface area contributed by atoms with Crippen LogP contribution in [0, 0.1) is 0 Å². The Morgan fingerprint density at radius 2 is 2.12 bits per heavy atom. The molecule has 0 bridgehead atoms. The number of benzene rings is 1. The Morgan fingerprint density at radius 1 is 1.29 bits per heavy atom. The first-order chi connectivity index (χ1) is 8.36. The molecule has 94 valence electrons. The van der Waals surface area contributed by atoms with E-state index >= 15 is 0 Å². The van der Waals surface area contributed by atoms with Crippen molar-refractivity contribution < 1.29 is 4.74 Å². The highest BCUT2D eigenvalue weighted by molar-refractivity contribution is 5.14. The molecule has 0 radical (unpaired) electrons. The molecule has 17 heavy (non-hydrogen) atoms. The minimum Gasteiger partial charge on any atom is -0.377 e. The quantitative estimate of drug-likeness (QED) is 0.790. The van der Waals surface area contributed by atoms with E-state index in [1.165, 1.54) is 18.4 Å². The number of piperidine rings is 1. The Labute approximate surface area is 104 Å². The van der Waals surface area contributed by atoms with E-state index in [0.29, 0.717) is 12.1 Å². The average molecular weight is 233 g/mol. The molecule has 2 rings (SSSR count). The fourth-order valence-corrected chi connectivity index (χ4v) is 2.40. The van der Waals surface area contributed by atoms with Gasteiger partial charge in [0, 0.05) is 12.6 Å². The van der Waals surface area contributed by atoms with Crippen LogP contribution in [0.4, 0.5) is 0 Å². The molecule has 2 atom stereocenters. The summed E-state index contributed by atoms with van der Waals surface area (Å²) in [7, 11) is 0. The molecule has 0 amide bonds. The molecule has 1 aromatic carbocycles. The van der Waals surface area contributed by atoms with Gasteiger partial charge in [-0.3, -0.25) is 0 Å². The van der Waals surface area contributed by atoms with Gasteiger partial charge in [-0.25, -0.2) is 0 Å². The summed E-state index contributed by atoms with van der Waals surface area (Å²) in [6.07, 6.45) is 5.11. The van der Waals surface area contributed by atoms with E-state index in [1.807, 2.05) is 0 Å². The van der Waals surface area contributed by atoms with Crippen molar-refractivity contribution in [1.82, 2.24) is 5.32 Å². The van der Waals surface area contributed by atoms with E-state index in [2.05, 4.69) is 42.6 Å². The van der Waals surface area contributed by atoms with Gasteiger partial charge in [0.05, 0.1) is 6.10 Å². The number of rotatable bonds is 5. The summed E-state index contributed by atoms with van der Waals surface area (Å²) in [5.74, 6) is 0. The van der Waals surface area contributed by atoms with Crippen LogP contribution in [0.5, 0.6) is 0 Å². The van der Waals surface area contributed by atoms with Crippen LogP contribution in [0.3, 0.4) is 0 Å². The third kappa shape index (κ3) is 4.14. The molecule has 1 N–H and O–H groups in total. The minimum atomic E-state index is 0.416. The van der Waals surface area contributed by atoms with Crippen LogP contribution in [0.15, 0.2) is 30.3 Å². The first kappa shape index (κ1) is 12.6. The molecule has 1 heterocycles. The Hall–Kier alpha value is -0.860. The molecule has 1 aromatic rings. The lowest BCUT2D eigenvalue weighted by atomic mass is 10.0. The smallest absolute Gasteiger partial charge is 0.0725 e. The lowest BCUT2D eigenvalue weighted by Crippen LogP contribution is -2.44. The van der Waals surface area contributed by atoms with Gasteiger partial charge in [-0.05, 0) is 44.7 Å². The maximum Gasteiger partial charge on any atom is 0.0725 e. The largest absolute Gasteiger partial charge is 0.377 e. The second-order valence-electron chi connectivity index (χ2n) is 4.88. The van der Waals surface area contributed by atoms with Gasteiger partial charge in [0.25, 0.3) is 0 Å². The fraction of sp³-hybridized carbons (Fsp3) is 0.600. The number of hydrogen-bond acceptors (Lipinski definition) is 2. The van der Waals surface area contributed by atoms with Crippen molar-refractivity contribution in [3.05, 3.63) is 35.9 Å². The van der Waals surface area contributed by atoms with Gasteiger partial charge in [0.1, 0.15) is 0 Å². The normalized spacial score (nSPS) is 24.8. The Balaban J connectivity index is 1.63. The van der Waals surface area contributed by atoms with Crippen molar-refractivity contribution in [2.24, 2.45) is 0 Å². The predicted molar refractivity (Wildman–Crippen MR) is 71.2 cm³/mol. The average Bonchev–Trinajstić information content (AvgIpc) is 2.38. The summed E-state index contributed by atoms with van der Waals surface area (Å²) in [5.41, 5.74) is 1.41. The molecule has 1 aliphatic heterocycles. The Kier molecular flexibility index (Phi) is 5.02. The molecule has 0 saturated carbocycles. The Morgan fingerprint density at radius 3 is 2.88 bits per heavy atom. The summed E-state index contributed by atoms with van der Waals surface area (Å²) in [6.45, 7) is 4.25. The number of ether oxygens (including phenoxy) is 1. The topological polar surface area (TPSA) is 21.3 Å². The summed E-state index contributed by atoms with van der Waals surface area (Å²) >= 11 is 0. The van der Waals surface area contributed by atoms with Crippen LogP contribution in [-0.2, 0) is 11.2 Å². The molecule has 1 fully saturated rings. The highest BCUT2D eigenvalue weighted by Crippen LogP contribution is 2.13. The lowest BCUT2D eigenvalue weighted by Gasteiger charge is -2.29. The van der Waals surface area contributed by atoms with Gasteiger partial charge in [-0.15, -0.1) is 0 Å². The Bertz CT molecular complexity index is 312. The van der Waals surface area contributed by atoms with Gasteiger partial charge in [-0.2, -0.15) is 0 Å². The number of hydrogen-bond donors (Lipinski definition) is 1. The molecule has 2 unspecified atom stereocenters. The summed E-state index contributed by atoms with van der Waals surface area (Å²) < 4.78 is 5.95. The van der Waals surface area contributed by atoms with E-state index in [-0.39, 0.29) is 0 Å². The van der Waals surface area contributed by atoms with Crippen LogP contribution < -0.4 is 5.32 Å². The monoisotopic (exact) mass is 233 g/mol. The molecule has 1 aliphatic rings. The summed E-state index contributed by atoms with van der Waals surface area (Å²) in [6, 6.07) is 11.2. The maximum absolute atomic E-state index is 5.95. The van der Waals surface area contributed by atoms with Crippen LogP contribution in [0.1, 0.15) is 31.7 Å². The molecule has 2 heteroatoms. The molecule has 0 spiro atoms. The molecule has 1 saturated heterocycles. The van der Waals surface area contributed by atoms with Crippen LogP contribution in [-0.4, -0.2) is 25.3 Å². The van der Waals surface area contributed by atoms with Gasteiger partial charge < -0.3 is 10.1 Å². The van der Waals surface area contributed by atoms with E-state index in [9.17, 15) is 0 Å². The highest BCUT2D eigenvalue weighted by atomic mass is 16.5. The third-order valence-electron chi connectivity index (χ3n) is 3.47. The molecule has 0 aliphatic carbocycles. The van der Waals surface area contributed by atoms with Crippen LogP contribution >= 0.6 is 0 Å². The van der Waals surface area contributed by atoms with E-state index in [1.54, 1.807) is 0 Å². The SMILES string of the molecule is CC1NCCCC1OCCCc1ccccc1. The fourth-order valence-electron chi connectivity index (χ4n) is 2.40. The van der Waals surface area contributed by atoms with Gasteiger partial charge in [-0.1, -0.05) is 30.3 Å².